The van der Waals surface area contributed by atoms with Gasteiger partial charge in [0, 0.05) is 43.9 Å². The van der Waals surface area contributed by atoms with Gasteiger partial charge in [0.2, 0.25) is 5.91 Å². The molecule has 4 aromatic rings. The predicted octanol–water partition coefficient (Wildman–Crippen LogP) is 8.26. The normalized spacial score (nSPS) is 12.5. The summed E-state index contributed by atoms with van der Waals surface area (Å²) in [6.07, 6.45) is 10.8. The van der Waals surface area contributed by atoms with E-state index < -0.39 is 0 Å². The summed E-state index contributed by atoms with van der Waals surface area (Å²) in [5.74, 6) is 0.734. The van der Waals surface area contributed by atoms with Crippen LogP contribution in [0.15, 0.2) is 55.9 Å². The second kappa shape index (κ2) is 17.9. The number of allylic oxidation sites excluding steroid dienone is 5. The van der Waals surface area contributed by atoms with Gasteiger partial charge in [-0.05, 0) is 89.5 Å². The van der Waals surface area contributed by atoms with Crippen LogP contribution >= 0.6 is 0 Å². The molecule has 0 saturated carbocycles. The Morgan fingerprint density at radius 2 is 1.49 bits per heavy atom. The third-order valence-electron chi connectivity index (χ3n) is 10.4. The summed E-state index contributed by atoms with van der Waals surface area (Å²) in [5.41, 5.74) is 13.9. The summed E-state index contributed by atoms with van der Waals surface area (Å²) in [4.78, 5) is 50.3. The number of fused-ring (bicyclic) bond motifs is 8. The Balaban J connectivity index is 0.00000580. The number of ether oxygens (including phenoxy) is 1. The third kappa shape index (κ3) is 8.85. The van der Waals surface area contributed by atoms with E-state index in [-0.39, 0.29) is 35.4 Å². The standard InChI is InChI=1S/C44H50N7O3.Fe/c1-9-31-26(4)35-22-36-29(7)34(15-17-44(53)54-11-3)42(49-36)25-41-33(14-16-43(52)46-18-12-13-20-51-21-19-45-30(51)8)28(6)38(50-41)24-40-32(10-2)27(5)37(48-40)23-39(31)47-35;/h9-10,19,21-25H,1-2,11-18,20H2,3-8H3,(H2-,46,47,48,49,50,52);/q-1;+2/p-1. The molecule has 6 rings (SSSR count). The van der Waals surface area contributed by atoms with E-state index in [1.54, 1.807) is 0 Å². The number of hydrogen-bond acceptors (Lipinski definition) is 6. The quantitative estimate of drug-likeness (QED) is 0.0771. The Morgan fingerprint density at radius 3 is 2.20 bits per heavy atom. The van der Waals surface area contributed by atoms with Gasteiger partial charge in [0.1, 0.15) is 5.82 Å². The van der Waals surface area contributed by atoms with Crippen molar-refractivity contribution < 1.29 is 31.4 Å². The maximum Gasteiger partial charge on any atom is 2.00 e. The summed E-state index contributed by atoms with van der Waals surface area (Å²) in [6.45, 7) is 22.0. The van der Waals surface area contributed by atoms with Gasteiger partial charge in [-0.1, -0.05) is 66.3 Å². The van der Waals surface area contributed by atoms with Gasteiger partial charge < -0.3 is 24.6 Å². The predicted molar refractivity (Wildman–Crippen MR) is 217 cm³/mol. The summed E-state index contributed by atoms with van der Waals surface area (Å²) >= 11 is 0. The van der Waals surface area contributed by atoms with E-state index in [1.807, 2.05) is 90.4 Å². The number of nitrogens with one attached hydrogen (secondary N) is 1. The van der Waals surface area contributed by atoms with Gasteiger partial charge in [-0.2, -0.15) is 0 Å². The van der Waals surface area contributed by atoms with Gasteiger partial charge in [0.25, 0.3) is 0 Å². The average molecular weight is 780 g/mol. The van der Waals surface area contributed by atoms with E-state index >= 15 is 0 Å². The minimum atomic E-state index is -0.255. The smallest absolute Gasteiger partial charge is 0.657 e. The largest absolute Gasteiger partial charge is 2.00 e. The van der Waals surface area contributed by atoms with Crippen LogP contribution in [0.25, 0.3) is 50.4 Å². The molecule has 1 N–H and O–H groups in total. The minimum Gasteiger partial charge on any atom is -0.657 e. The van der Waals surface area contributed by atoms with Crippen LogP contribution in [0.2, 0.25) is 0 Å². The molecular formula is C44H49FeN7O3. The molecule has 0 saturated heterocycles. The fourth-order valence-electron chi connectivity index (χ4n) is 7.21. The van der Waals surface area contributed by atoms with Crippen LogP contribution in [-0.4, -0.2) is 44.5 Å². The second-order valence-corrected chi connectivity index (χ2v) is 13.8. The van der Waals surface area contributed by atoms with Gasteiger partial charge >= 0.3 is 23.0 Å². The summed E-state index contributed by atoms with van der Waals surface area (Å²) in [6, 6.07) is 8.00. The number of amides is 1. The molecule has 0 unspecified atom stereocenters. The van der Waals surface area contributed by atoms with E-state index in [9.17, 15) is 9.59 Å². The second-order valence-electron chi connectivity index (χ2n) is 13.8. The Bertz CT molecular complexity index is 2370. The zero-order valence-electron chi connectivity index (χ0n) is 32.7. The molecule has 0 spiro atoms. The molecule has 1 amide bonds. The number of carbonyl (C=O) groups excluding carboxylic acids is 2. The van der Waals surface area contributed by atoms with Crippen molar-refractivity contribution in [2.24, 2.45) is 0 Å². The van der Waals surface area contributed by atoms with Crippen LogP contribution in [0.4, 0.5) is 0 Å². The first-order chi connectivity index (χ1) is 26.0. The van der Waals surface area contributed by atoms with Crippen LogP contribution in [0, 0.1) is 20.8 Å². The van der Waals surface area contributed by atoms with Crippen molar-refractivity contribution in [2.75, 3.05) is 13.2 Å². The molecule has 286 valence electrons. The molecule has 0 aromatic carbocycles. The van der Waals surface area contributed by atoms with Crippen molar-refractivity contribution in [2.45, 2.75) is 86.6 Å². The molecule has 2 aliphatic heterocycles. The Hall–Kier alpha value is -5.25. The summed E-state index contributed by atoms with van der Waals surface area (Å²) in [5, 5.41) is 3.10. The van der Waals surface area contributed by atoms with Crippen molar-refractivity contribution in [1.82, 2.24) is 34.8 Å². The van der Waals surface area contributed by atoms with Gasteiger partial charge in [0.15, 0.2) is 0 Å². The fraction of sp³-hybridized carbons (Fsp3) is 0.341. The van der Waals surface area contributed by atoms with Crippen molar-refractivity contribution >= 4 is 62.3 Å². The number of aryl methyl sites for hydroxylation is 5. The topological polar surface area (TPSA) is 127 Å². The molecule has 2 aliphatic rings. The molecule has 55 heavy (non-hydrogen) atoms. The zero-order chi connectivity index (χ0) is 38.5. The number of carbonyl (C=O) groups is 2. The molecular weight excluding hydrogens is 730 g/mol. The first-order valence-corrected chi connectivity index (χ1v) is 18.7. The van der Waals surface area contributed by atoms with Gasteiger partial charge in [0.05, 0.1) is 29.4 Å². The van der Waals surface area contributed by atoms with E-state index in [0.29, 0.717) is 32.4 Å². The molecule has 10 nitrogen and oxygen atoms in total. The van der Waals surface area contributed by atoms with Crippen LogP contribution in [0.1, 0.15) is 104 Å². The molecule has 6 heterocycles. The Morgan fingerprint density at radius 1 is 0.818 bits per heavy atom. The minimum absolute atomic E-state index is 0. The molecule has 11 heteroatoms. The number of nitrogens with zero attached hydrogens (tertiary/aromatic N) is 6. The molecule has 0 aliphatic carbocycles. The van der Waals surface area contributed by atoms with E-state index in [1.165, 1.54) is 0 Å². The maximum atomic E-state index is 13.1. The Labute approximate surface area is 333 Å². The van der Waals surface area contributed by atoms with Crippen molar-refractivity contribution in [1.29, 1.82) is 0 Å². The average Bonchev–Trinajstić information content (AvgIpc) is 3.91. The molecule has 0 radical (unpaired) electrons. The molecule has 8 bridgehead atoms. The zero-order valence-corrected chi connectivity index (χ0v) is 33.8. The monoisotopic (exact) mass is 779 g/mol. The van der Waals surface area contributed by atoms with Crippen molar-refractivity contribution in [3.05, 3.63) is 107 Å². The Kier molecular flexibility index (Phi) is 13.3. The van der Waals surface area contributed by atoms with E-state index in [0.717, 1.165) is 115 Å². The van der Waals surface area contributed by atoms with Crippen LogP contribution in [0.5, 0.6) is 0 Å². The third-order valence-corrected chi connectivity index (χ3v) is 10.4. The maximum absolute atomic E-state index is 13.1. The molecule has 0 atom stereocenters. The van der Waals surface area contributed by atoms with Crippen LogP contribution in [-0.2, 0) is 44.4 Å². The SMILES string of the molecule is C=CC1=C(C)c2cc3[n-]c(cc4nc(cc5[n-]c(cc1n2)c(C)c5CCC(=O)NCCCCn1ccnc1C)C(CCC(=O)OCC)=C4C)c(C)c3C=C.[Fe+2]. The van der Waals surface area contributed by atoms with Gasteiger partial charge in [-0.25, -0.2) is 15.0 Å². The van der Waals surface area contributed by atoms with Gasteiger partial charge in [-0.3, -0.25) is 9.59 Å². The van der Waals surface area contributed by atoms with Gasteiger partial charge in [-0.15, -0.1) is 22.1 Å². The summed E-state index contributed by atoms with van der Waals surface area (Å²) in [7, 11) is 0. The number of esters is 1. The number of rotatable bonds is 14. The van der Waals surface area contributed by atoms with Crippen LogP contribution in [0.3, 0.4) is 0 Å². The van der Waals surface area contributed by atoms with Crippen molar-refractivity contribution in [3.8, 4) is 0 Å². The molecule has 0 fully saturated rings. The number of hydrogen-bond donors (Lipinski definition) is 1. The number of aromatic nitrogens is 6. The number of unbranched alkanes of at least 4 members (excludes halogenated alkanes) is 1. The number of imidazole rings is 1. The van der Waals surface area contributed by atoms with E-state index in [4.69, 9.17) is 24.7 Å². The van der Waals surface area contributed by atoms with Crippen LogP contribution < -0.4 is 15.3 Å². The molecule has 4 aromatic heterocycles. The van der Waals surface area contributed by atoms with E-state index in [2.05, 4.69) is 28.0 Å². The first kappa shape index (κ1) is 40.9. The first-order valence-electron chi connectivity index (χ1n) is 18.7. The van der Waals surface area contributed by atoms with Crippen molar-refractivity contribution in [3.63, 3.8) is 0 Å². The fourth-order valence-corrected chi connectivity index (χ4v) is 7.21. The summed E-state index contributed by atoms with van der Waals surface area (Å²) < 4.78 is 7.40.